The molecule has 4 aromatic rings. The summed E-state index contributed by atoms with van der Waals surface area (Å²) in [6.45, 7) is 8.21. The summed E-state index contributed by atoms with van der Waals surface area (Å²) in [6.07, 6.45) is 1.74. The van der Waals surface area contributed by atoms with E-state index < -0.39 is 6.03 Å². The highest BCUT2D eigenvalue weighted by Crippen LogP contribution is 2.31. The number of imidazole rings is 1. The van der Waals surface area contributed by atoms with Crippen molar-refractivity contribution >= 4 is 22.9 Å². The topological polar surface area (TPSA) is 125 Å². The average molecular weight is 519 g/mol. The van der Waals surface area contributed by atoms with Gasteiger partial charge in [-0.1, -0.05) is 32.0 Å². The summed E-state index contributed by atoms with van der Waals surface area (Å²) < 4.78 is 7.48. The summed E-state index contributed by atoms with van der Waals surface area (Å²) >= 11 is 0. The van der Waals surface area contributed by atoms with E-state index in [0.29, 0.717) is 46.3 Å². The fourth-order valence-corrected chi connectivity index (χ4v) is 4.55. The molecule has 38 heavy (non-hydrogen) atoms. The monoisotopic (exact) mass is 518 g/mol. The van der Waals surface area contributed by atoms with Crippen molar-refractivity contribution in [3.63, 3.8) is 0 Å². The van der Waals surface area contributed by atoms with Crippen molar-refractivity contribution in [2.75, 3.05) is 30.0 Å². The van der Waals surface area contributed by atoms with Gasteiger partial charge in [-0.05, 0) is 57.0 Å². The molecule has 0 aliphatic carbocycles. The van der Waals surface area contributed by atoms with Crippen LogP contribution in [0.3, 0.4) is 0 Å². The maximum Gasteiger partial charge on any atom is 0.326 e. The number of urea groups is 1. The highest BCUT2D eigenvalue weighted by molar-refractivity contribution is 6.02. The summed E-state index contributed by atoms with van der Waals surface area (Å²) in [7, 11) is 0. The Labute approximate surface area is 221 Å². The quantitative estimate of drug-likeness (QED) is 0.279. The number of aliphatic hydroxyl groups is 1. The molecule has 0 radical (unpaired) electrons. The van der Waals surface area contributed by atoms with Crippen molar-refractivity contribution < 1.29 is 14.6 Å². The van der Waals surface area contributed by atoms with Crippen LogP contribution in [0.5, 0.6) is 5.75 Å². The lowest BCUT2D eigenvalue weighted by atomic mass is 10.0. The van der Waals surface area contributed by atoms with Crippen LogP contribution in [0.2, 0.25) is 0 Å². The molecule has 0 spiro atoms. The number of rotatable bonds is 10. The number of aromatic nitrogens is 4. The van der Waals surface area contributed by atoms with Crippen LogP contribution in [-0.4, -0.2) is 50.5 Å². The lowest BCUT2D eigenvalue weighted by molar-refractivity contribution is 0.252. The molecule has 0 atom stereocenters. The van der Waals surface area contributed by atoms with Crippen LogP contribution in [-0.2, 0) is 0 Å². The summed E-state index contributed by atoms with van der Waals surface area (Å²) in [4.78, 5) is 35.3. The lowest BCUT2D eigenvalue weighted by Gasteiger charge is -2.22. The molecule has 3 N–H and O–H groups in total. The fraction of sp³-hybridized carbons (Fsp3) is 0.357. The first kappa shape index (κ1) is 26.9. The molecule has 2 amide bonds. The second-order valence-corrected chi connectivity index (χ2v) is 8.92. The molecular weight excluding hydrogens is 484 g/mol. The van der Waals surface area contributed by atoms with Crippen LogP contribution >= 0.6 is 0 Å². The Morgan fingerprint density at radius 3 is 2.55 bits per heavy atom. The minimum atomic E-state index is -0.404. The number of carbonyl (C=O) groups is 1. The summed E-state index contributed by atoms with van der Waals surface area (Å²) in [5.41, 5.74) is 2.41. The molecule has 2 aromatic heterocycles. The van der Waals surface area contributed by atoms with Crippen molar-refractivity contribution in [1.29, 1.82) is 0 Å². The largest absolute Gasteiger partial charge is 0.493 e. The zero-order valence-corrected chi connectivity index (χ0v) is 22.2. The normalized spacial score (nSPS) is 11.2. The number of nitrogens with zero attached hydrogens (tertiary/aromatic N) is 4. The third-order valence-corrected chi connectivity index (χ3v) is 6.47. The molecule has 10 heteroatoms. The van der Waals surface area contributed by atoms with E-state index in [9.17, 15) is 14.7 Å². The zero-order chi connectivity index (χ0) is 27.2. The summed E-state index contributed by atoms with van der Waals surface area (Å²) in [5.74, 6) is 1.73. The van der Waals surface area contributed by atoms with E-state index in [4.69, 9.17) is 9.84 Å². The Balaban J connectivity index is 1.77. The maximum atomic E-state index is 13.2. The molecule has 10 nitrogen and oxygen atoms in total. The highest BCUT2D eigenvalue weighted by atomic mass is 16.5. The number of aromatic amines is 1. The molecule has 0 saturated carbocycles. The number of amides is 2. The Morgan fingerprint density at radius 1 is 1.16 bits per heavy atom. The summed E-state index contributed by atoms with van der Waals surface area (Å²) in [5, 5.41) is 17.2. The van der Waals surface area contributed by atoms with E-state index in [2.05, 4.69) is 29.1 Å². The number of hydrogen-bond donors (Lipinski definition) is 3. The molecule has 0 fully saturated rings. The number of carbonyl (C=O) groups excluding carboxylic acids is 1. The molecular formula is C28H34N6O4. The highest BCUT2D eigenvalue weighted by Gasteiger charge is 2.22. The Hall–Kier alpha value is -4.18. The minimum absolute atomic E-state index is 0.129. The van der Waals surface area contributed by atoms with E-state index >= 15 is 0 Å². The van der Waals surface area contributed by atoms with Gasteiger partial charge in [-0.3, -0.25) is 9.69 Å². The molecule has 0 bridgehead atoms. The van der Waals surface area contributed by atoms with Gasteiger partial charge < -0.3 is 20.1 Å². The van der Waals surface area contributed by atoms with Gasteiger partial charge >= 0.3 is 6.03 Å². The molecule has 0 saturated heterocycles. The van der Waals surface area contributed by atoms with E-state index in [1.807, 2.05) is 32.0 Å². The van der Waals surface area contributed by atoms with Gasteiger partial charge in [0.2, 0.25) is 0 Å². The standard InChI is InChI=1S/C28H34N6O4/c1-5-19(6-2)26-29-18(4)24-27(36)31-25(32-34(24)26)22-17-20(13-14-23(22)38-7-3)30-28(37)33(15-16-35)21-11-9-8-10-12-21/h8-14,17,19,35H,5-7,15-16H2,1-4H3,(H,30,37)(H,31,32,36). The second-order valence-electron chi connectivity index (χ2n) is 8.92. The molecule has 4 rings (SSSR count). The van der Waals surface area contributed by atoms with Crippen LogP contribution in [0.25, 0.3) is 16.9 Å². The minimum Gasteiger partial charge on any atom is -0.493 e. The van der Waals surface area contributed by atoms with Crippen LogP contribution in [0, 0.1) is 6.92 Å². The van der Waals surface area contributed by atoms with Crippen molar-refractivity contribution in [3.8, 4) is 17.1 Å². The number of aliphatic hydroxyl groups excluding tert-OH is 1. The number of ether oxygens (including phenoxy) is 1. The number of fused-ring (bicyclic) bond motifs is 1. The van der Waals surface area contributed by atoms with Gasteiger partial charge in [-0.15, -0.1) is 5.10 Å². The Morgan fingerprint density at radius 2 is 1.89 bits per heavy atom. The lowest BCUT2D eigenvalue weighted by Crippen LogP contribution is -2.37. The maximum absolute atomic E-state index is 13.2. The molecule has 2 heterocycles. The molecule has 200 valence electrons. The van der Waals surface area contributed by atoms with E-state index in [-0.39, 0.29) is 24.6 Å². The first-order valence-corrected chi connectivity index (χ1v) is 12.9. The van der Waals surface area contributed by atoms with Gasteiger partial charge in [-0.25, -0.2) is 14.3 Å². The number of hydrogen-bond acceptors (Lipinski definition) is 6. The fourth-order valence-electron chi connectivity index (χ4n) is 4.55. The first-order chi connectivity index (χ1) is 18.4. The van der Waals surface area contributed by atoms with Crippen molar-refractivity contribution in [3.05, 3.63) is 70.4 Å². The zero-order valence-electron chi connectivity index (χ0n) is 22.2. The van der Waals surface area contributed by atoms with Crippen molar-refractivity contribution in [2.45, 2.75) is 46.5 Å². The van der Waals surface area contributed by atoms with Gasteiger partial charge in [0.1, 0.15) is 11.6 Å². The van der Waals surface area contributed by atoms with Crippen molar-refractivity contribution in [2.24, 2.45) is 0 Å². The number of para-hydroxylation sites is 1. The van der Waals surface area contributed by atoms with E-state index in [1.165, 1.54) is 4.90 Å². The van der Waals surface area contributed by atoms with Crippen LogP contribution < -0.4 is 20.5 Å². The third-order valence-electron chi connectivity index (χ3n) is 6.47. The number of aryl methyl sites for hydroxylation is 1. The molecule has 2 aromatic carbocycles. The van der Waals surface area contributed by atoms with Gasteiger partial charge in [0.15, 0.2) is 11.3 Å². The van der Waals surface area contributed by atoms with Crippen LogP contribution in [0.15, 0.2) is 53.3 Å². The number of benzene rings is 2. The van der Waals surface area contributed by atoms with Gasteiger partial charge in [-0.2, -0.15) is 0 Å². The van der Waals surface area contributed by atoms with Crippen molar-refractivity contribution in [1.82, 2.24) is 19.6 Å². The SMILES string of the molecule is CCOc1ccc(NC(=O)N(CCO)c2ccccc2)cc1-c1nn2c(C(CC)CC)nc(C)c2c(=O)[nH]1. The molecule has 0 unspecified atom stereocenters. The van der Waals surface area contributed by atoms with E-state index in [1.54, 1.807) is 34.8 Å². The summed E-state index contributed by atoms with van der Waals surface area (Å²) in [6, 6.07) is 13.9. The Bertz CT molecular complexity index is 1460. The van der Waals surface area contributed by atoms with Gasteiger partial charge in [0.05, 0.1) is 31.0 Å². The van der Waals surface area contributed by atoms with Gasteiger partial charge in [0, 0.05) is 17.3 Å². The van der Waals surface area contributed by atoms with Gasteiger partial charge in [0.25, 0.3) is 5.56 Å². The van der Waals surface area contributed by atoms with E-state index in [0.717, 1.165) is 18.7 Å². The third kappa shape index (κ3) is 5.40. The predicted molar refractivity (Wildman–Crippen MR) is 148 cm³/mol. The smallest absolute Gasteiger partial charge is 0.326 e. The van der Waals surface area contributed by atoms with Crippen LogP contribution in [0.4, 0.5) is 16.2 Å². The Kier molecular flexibility index (Phi) is 8.42. The number of H-pyrrole nitrogens is 1. The predicted octanol–water partition coefficient (Wildman–Crippen LogP) is 4.73. The number of nitrogens with one attached hydrogen (secondary N) is 2. The second kappa shape index (κ2) is 11.9. The molecule has 0 aliphatic heterocycles. The number of anilines is 2. The van der Waals surface area contributed by atoms with Crippen LogP contribution in [0.1, 0.15) is 51.0 Å². The first-order valence-electron chi connectivity index (χ1n) is 12.9. The molecule has 0 aliphatic rings. The average Bonchev–Trinajstić information content (AvgIpc) is 3.25.